The minimum absolute atomic E-state index is 0.334. The van der Waals surface area contributed by atoms with E-state index in [4.69, 9.17) is 18.9 Å². The number of pyridine rings is 2. The van der Waals surface area contributed by atoms with Crippen molar-refractivity contribution in [2.75, 3.05) is 27.4 Å². The molecule has 0 fully saturated rings. The van der Waals surface area contributed by atoms with Gasteiger partial charge in [-0.25, -0.2) is 18.6 Å². The highest BCUT2D eigenvalue weighted by atomic mass is 19.2. The first-order chi connectivity index (χ1) is 22.3. The van der Waals surface area contributed by atoms with Crippen LogP contribution in [-0.2, 0) is 9.45 Å². The Morgan fingerprint density at radius 2 is 1.26 bits per heavy atom. The van der Waals surface area contributed by atoms with Gasteiger partial charge in [-0.15, -0.1) is 0 Å². The molecule has 11 heteroatoms. The molecule has 0 amide bonds. The SMILES string of the molecule is CCCCOc1nc2ccc(OC)cc2cc1/C=C/C(=O)/C=C(/C=C/c1cc2cc(OC)ccc2nc1OCCCC)OB(F)F. The summed E-state index contributed by atoms with van der Waals surface area (Å²) in [4.78, 5) is 22.2. The summed E-state index contributed by atoms with van der Waals surface area (Å²) in [6.07, 6.45) is 10.1. The number of halogens is 2. The van der Waals surface area contributed by atoms with Crippen LogP contribution in [0.2, 0.25) is 0 Å². The number of aromatic nitrogens is 2. The van der Waals surface area contributed by atoms with Crippen molar-refractivity contribution in [3.63, 3.8) is 0 Å². The summed E-state index contributed by atoms with van der Waals surface area (Å²) in [7, 11) is -0.00920. The summed E-state index contributed by atoms with van der Waals surface area (Å²) in [6.45, 7) is 4.99. The normalized spacial score (nSPS) is 11.8. The highest BCUT2D eigenvalue weighted by molar-refractivity contribution is 6.35. The van der Waals surface area contributed by atoms with Crippen LogP contribution < -0.4 is 18.9 Å². The van der Waals surface area contributed by atoms with Gasteiger partial charge >= 0.3 is 7.47 Å². The molecule has 0 radical (unpaired) electrons. The molecule has 4 rings (SSSR count). The van der Waals surface area contributed by atoms with E-state index in [2.05, 4.69) is 21.5 Å². The summed E-state index contributed by atoms with van der Waals surface area (Å²) in [5.41, 5.74) is 2.46. The summed E-state index contributed by atoms with van der Waals surface area (Å²) >= 11 is 0. The van der Waals surface area contributed by atoms with Crippen molar-refractivity contribution in [1.29, 1.82) is 0 Å². The Kier molecular flexibility index (Phi) is 12.5. The fourth-order valence-corrected chi connectivity index (χ4v) is 4.41. The fraction of sp³-hybridized carbons (Fsp3) is 0.286. The van der Waals surface area contributed by atoms with Crippen LogP contribution in [-0.4, -0.2) is 50.7 Å². The molecule has 2 heterocycles. The summed E-state index contributed by atoms with van der Waals surface area (Å²) in [5, 5.41) is 1.55. The predicted molar refractivity (Wildman–Crippen MR) is 178 cm³/mol. The third kappa shape index (κ3) is 9.54. The number of hydrogen-bond donors (Lipinski definition) is 0. The van der Waals surface area contributed by atoms with Gasteiger partial charge in [0.15, 0.2) is 5.78 Å². The van der Waals surface area contributed by atoms with E-state index in [1.807, 2.05) is 43.3 Å². The minimum Gasteiger partial charge on any atom is -0.505 e. The van der Waals surface area contributed by atoms with E-state index in [1.165, 1.54) is 24.3 Å². The Bertz CT molecular complexity index is 1740. The van der Waals surface area contributed by atoms with Crippen molar-refractivity contribution < 1.29 is 37.0 Å². The summed E-state index contributed by atoms with van der Waals surface area (Å²) < 4.78 is 53.9. The molecule has 240 valence electrons. The van der Waals surface area contributed by atoms with E-state index in [0.717, 1.165) is 42.5 Å². The molecular formula is C35H37BF2N2O6. The highest BCUT2D eigenvalue weighted by Crippen LogP contribution is 2.29. The molecule has 0 aliphatic heterocycles. The molecule has 0 aliphatic rings. The van der Waals surface area contributed by atoms with Gasteiger partial charge in [0, 0.05) is 28.0 Å². The first kappa shape index (κ1) is 34.0. The van der Waals surface area contributed by atoms with E-state index in [9.17, 15) is 13.4 Å². The van der Waals surface area contributed by atoms with Crippen LogP contribution in [0.3, 0.4) is 0 Å². The van der Waals surface area contributed by atoms with E-state index < -0.39 is 13.3 Å². The molecular weight excluding hydrogens is 593 g/mol. The van der Waals surface area contributed by atoms with Crippen LogP contribution in [0.1, 0.15) is 50.7 Å². The van der Waals surface area contributed by atoms with Crippen LogP contribution in [0.15, 0.2) is 72.5 Å². The van der Waals surface area contributed by atoms with Crippen molar-refractivity contribution in [2.24, 2.45) is 0 Å². The van der Waals surface area contributed by atoms with E-state index in [0.29, 0.717) is 58.6 Å². The van der Waals surface area contributed by atoms with E-state index in [-0.39, 0.29) is 5.76 Å². The molecule has 0 saturated carbocycles. The largest absolute Gasteiger partial charge is 0.796 e. The lowest BCUT2D eigenvalue weighted by Gasteiger charge is -2.11. The third-order valence-electron chi connectivity index (χ3n) is 6.87. The Morgan fingerprint density at radius 1 is 0.761 bits per heavy atom. The zero-order valence-electron chi connectivity index (χ0n) is 26.4. The van der Waals surface area contributed by atoms with E-state index >= 15 is 0 Å². The van der Waals surface area contributed by atoms with Crippen LogP contribution in [0.5, 0.6) is 23.3 Å². The van der Waals surface area contributed by atoms with Crippen molar-refractivity contribution in [3.8, 4) is 23.3 Å². The van der Waals surface area contributed by atoms with Crippen LogP contribution in [0.25, 0.3) is 34.0 Å². The topological polar surface area (TPSA) is 89.0 Å². The van der Waals surface area contributed by atoms with Crippen LogP contribution in [0.4, 0.5) is 8.63 Å². The average molecular weight is 630 g/mol. The minimum atomic E-state index is -3.15. The second-order valence-corrected chi connectivity index (χ2v) is 10.3. The number of fused-ring (bicyclic) bond motifs is 2. The summed E-state index contributed by atoms with van der Waals surface area (Å²) in [6, 6.07) is 14.5. The monoisotopic (exact) mass is 630 g/mol. The lowest BCUT2D eigenvalue weighted by Crippen LogP contribution is -2.05. The molecule has 0 saturated heterocycles. The van der Waals surface area contributed by atoms with Gasteiger partial charge in [0.1, 0.15) is 17.3 Å². The number of benzene rings is 2. The number of rotatable bonds is 17. The van der Waals surface area contributed by atoms with Crippen LogP contribution in [0, 0.1) is 0 Å². The van der Waals surface area contributed by atoms with Crippen molar-refractivity contribution in [2.45, 2.75) is 39.5 Å². The van der Waals surface area contributed by atoms with Gasteiger partial charge in [-0.2, -0.15) is 0 Å². The zero-order chi connectivity index (χ0) is 32.9. The number of ketones is 1. The Hall–Kier alpha value is -4.93. The lowest BCUT2D eigenvalue weighted by molar-refractivity contribution is -0.110. The number of carbonyl (C=O) groups excluding carboxylic acids is 1. The predicted octanol–water partition coefficient (Wildman–Crippen LogP) is 8.28. The Labute approximate surface area is 267 Å². The first-order valence-corrected chi connectivity index (χ1v) is 15.1. The third-order valence-corrected chi connectivity index (χ3v) is 6.87. The number of nitrogens with zero attached hydrogens (tertiary/aromatic N) is 2. The maximum Gasteiger partial charge on any atom is 0.796 e. The standard InChI is InChI=1S/C35H37BF2N2O6/c1-5-7-17-44-34-24(19-26-21-29(42-3)13-15-32(26)39-34)9-11-28(41)23-31(46-36(37)38)12-10-25-20-27-22-30(43-4)14-16-33(27)40-35(25)45-18-8-6-2/h9-16,19-23H,5-8,17-18H2,1-4H3/b11-9+,12-10+,31-23-. The number of methoxy groups -OCH3 is 2. The molecule has 8 nitrogen and oxygen atoms in total. The molecule has 46 heavy (non-hydrogen) atoms. The Morgan fingerprint density at radius 3 is 1.72 bits per heavy atom. The number of allylic oxidation sites excluding steroid dienone is 3. The van der Waals surface area contributed by atoms with Crippen molar-refractivity contribution >= 4 is 47.2 Å². The molecule has 2 aromatic carbocycles. The average Bonchev–Trinajstić information content (AvgIpc) is 3.05. The lowest BCUT2D eigenvalue weighted by atomic mass is 10.1. The van der Waals surface area contributed by atoms with Gasteiger partial charge in [-0.1, -0.05) is 26.7 Å². The second kappa shape index (κ2) is 17.0. The molecule has 0 atom stereocenters. The fourth-order valence-electron chi connectivity index (χ4n) is 4.41. The van der Waals surface area contributed by atoms with Crippen molar-refractivity contribution in [1.82, 2.24) is 9.97 Å². The number of hydrogen-bond acceptors (Lipinski definition) is 8. The number of carbonyl (C=O) groups is 1. The Balaban J connectivity index is 1.65. The van der Waals surface area contributed by atoms with Crippen LogP contribution >= 0.6 is 0 Å². The maximum atomic E-state index is 13.4. The number of ether oxygens (including phenoxy) is 4. The molecule has 4 aromatic rings. The summed E-state index contributed by atoms with van der Waals surface area (Å²) in [5.74, 6) is 1.08. The van der Waals surface area contributed by atoms with Crippen molar-refractivity contribution in [3.05, 3.63) is 83.6 Å². The van der Waals surface area contributed by atoms with Gasteiger partial charge in [-0.3, -0.25) is 4.79 Å². The van der Waals surface area contributed by atoms with Gasteiger partial charge in [-0.05, 0) is 85.7 Å². The molecule has 0 spiro atoms. The van der Waals surface area contributed by atoms with Gasteiger partial charge in [0.2, 0.25) is 11.8 Å². The molecule has 0 bridgehead atoms. The smallest absolute Gasteiger partial charge is 0.505 e. The second-order valence-electron chi connectivity index (χ2n) is 10.3. The highest BCUT2D eigenvalue weighted by Gasteiger charge is 2.19. The van der Waals surface area contributed by atoms with E-state index in [1.54, 1.807) is 26.4 Å². The van der Waals surface area contributed by atoms with Gasteiger partial charge < -0.3 is 23.6 Å². The maximum absolute atomic E-state index is 13.4. The van der Waals surface area contributed by atoms with Gasteiger partial charge in [0.05, 0.1) is 38.5 Å². The first-order valence-electron chi connectivity index (χ1n) is 15.1. The molecule has 2 aromatic heterocycles. The number of unbranched alkanes of at least 4 members (excludes halogenated alkanes) is 2. The molecule has 0 unspecified atom stereocenters. The quantitative estimate of drug-likeness (QED) is 0.0379. The molecule has 0 aliphatic carbocycles. The zero-order valence-corrected chi connectivity index (χ0v) is 26.4. The molecule has 0 N–H and O–H groups in total. The van der Waals surface area contributed by atoms with Gasteiger partial charge in [0.25, 0.3) is 0 Å².